The molecule has 36 heavy (non-hydrogen) atoms. The molecule has 3 aromatic rings. The van der Waals surface area contributed by atoms with E-state index in [1.54, 1.807) is 6.07 Å². The largest absolute Gasteiger partial charge is 0.507 e. The van der Waals surface area contributed by atoms with Gasteiger partial charge >= 0.3 is 0 Å². The molecule has 1 aliphatic carbocycles. The van der Waals surface area contributed by atoms with Crippen LogP contribution in [0.4, 0.5) is 5.82 Å². The number of ether oxygens (including phenoxy) is 1. The Hall–Kier alpha value is -3.06. The first-order valence-corrected chi connectivity index (χ1v) is 13.0. The molecule has 0 radical (unpaired) electrons. The molecule has 0 spiro atoms. The maximum Gasteiger partial charge on any atom is 0.151 e. The van der Waals surface area contributed by atoms with Gasteiger partial charge in [0.15, 0.2) is 5.82 Å². The molecule has 2 aromatic heterocycles. The van der Waals surface area contributed by atoms with Gasteiger partial charge in [0.05, 0.1) is 12.2 Å². The summed E-state index contributed by atoms with van der Waals surface area (Å²) in [4.78, 5) is 5.58. The molecule has 3 heterocycles. The van der Waals surface area contributed by atoms with E-state index in [4.69, 9.17) is 4.74 Å². The van der Waals surface area contributed by atoms with Crippen LogP contribution >= 0.6 is 0 Å². The zero-order chi connectivity index (χ0) is 25.7. The van der Waals surface area contributed by atoms with Crippen LogP contribution in [0.5, 0.6) is 11.5 Å². The number of piperidine rings is 1. The van der Waals surface area contributed by atoms with Gasteiger partial charge in [0, 0.05) is 41.1 Å². The predicted octanol–water partition coefficient (Wildman–Crippen LogP) is 5.69. The summed E-state index contributed by atoms with van der Waals surface area (Å²) in [5, 5.41) is 24.0. The molecule has 0 amide bonds. The van der Waals surface area contributed by atoms with Crippen LogP contribution in [-0.4, -0.2) is 51.1 Å². The van der Waals surface area contributed by atoms with Gasteiger partial charge in [-0.3, -0.25) is 0 Å². The fourth-order valence-corrected chi connectivity index (χ4v) is 5.67. The summed E-state index contributed by atoms with van der Waals surface area (Å²) >= 11 is 0. The fraction of sp³-hybridized carbons (Fsp3) is 0.517. The van der Waals surface area contributed by atoms with E-state index in [0.29, 0.717) is 35.6 Å². The van der Waals surface area contributed by atoms with E-state index in [0.717, 1.165) is 35.6 Å². The average molecular weight is 490 g/mol. The summed E-state index contributed by atoms with van der Waals surface area (Å²) in [6.07, 6.45) is 4.44. The van der Waals surface area contributed by atoms with Gasteiger partial charge < -0.3 is 25.0 Å². The number of aromatic nitrogens is 3. The molecule has 3 N–H and O–H groups in total. The third-order valence-electron chi connectivity index (χ3n) is 7.38. The Bertz CT molecular complexity index is 1210. The number of hydrogen-bond acceptors (Lipinski definition) is 6. The van der Waals surface area contributed by atoms with Crippen LogP contribution in [0.25, 0.3) is 22.5 Å². The minimum Gasteiger partial charge on any atom is -0.507 e. The van der Waals surface area contributed by atoms with E-state index >= 15 is 0 Å². The summed E-state index contributed by atoms with van der Waals surface area (Å²) in [6.45, 7) is 11.7. The SMILES string of the molecule is Cc1ccc(-c2cc(O)c(-c3ccc(N(C)C4CC(C)(C)NC(C)(C)C4)nn3)c(OCC3CC3)c2)[nH]1. The molecular formula is C29H39N5O2. The summed E-state index contributed by atoms with van der Waals surface area (Å²) in [5.74, 6) is 2.21. The molecule has 0 atom stereocenters. The fourth-order valence-electron chi connectivity index (χ4n) is 5.67. The van der Waals surface area contributed by atoms with E-state index in [1.807, 2.05) is 37.3 Å². The van der Waals surface area contributed by atoms with E-state index in [-0.39, 0.29) is 16.8 Å². The van der Waals surface area contributed by atoms with Gasteiger partial charge in [0.1, 0.15) is 17.2 Å². The number of phenols is 1. The van der Waals surface area contributed by atoms with Gasteiger partial charge in [0.25, 0.3) is 0 Å². The number of nitrogens with zero attached hydrogens (tertiary/aromatic N) is 3. The van der Waals surface area contributed by atoms with Gasteiger partial charge in [-0.25, -0.2) is 0 Å². The number of nitrogens with one attached hydrogen (secondary N) is 2. The van der Waals surface area contributed by atoms with E-state index in [9.17, 15) is 5.11 Å². The van der Waals surface area contributed by atoms with Crippen LogP contribution in [0.1, 0.15) is 59.1 Å². The highest BCUT2D eigenvalue weighted by Crippen LogP contribution is 2.42. The number of benzene rings is 1. The van der Waals surface area contributed by atoms with Crippen LogP contribution in [0, 0.1) is 12.8 Å². The lowest BCUT2D eigenvalue weighted by atomic mass is 9.79. The average Bonchev–Trinajstić information content (AvgIpc) is 3.53. The second kappa shape index (κ2) is 9.11. The molecule has 192 valence electrons. The van der Waals surface area contributed by atoms with Gasteiger partial charge in [-0.1, -0.05) is 0 Å². The molecule has 1 aliphatic heterocycles. The van der Waals surface area contributed by atoms with Crippen molar-refractivity contribution in [1.29, 1.82) is 0 Å². The summed E-state index contributed by atoms with van der Waals surface area (Å²) in [5.41, 5.74) is 4.20. The summed E-state index contributed by atoms with van der Waals surface area (Å²) in [7, 11) is 2.10. The molecule has 1 saturated heterocycles. The number of aromatic amines is 1. The van der Waals surface area contributed by atoms with Crippen LogP contribution in [-0.2, 0) is 0 Å². The smallest absolute Gasteiger partial charge is 0.151 e. The molecule has 0 bridgehead atoms. The van der Waals surface area contributed by atoms with Gasteiger partial charge in [-0.15, -0.1) is 10.2 Å². The zero-order valence-corrected chi connectivity index (χ0v) is 22.4. The lowest BCUT2D eigenvalue weighted by Crippen LogP contribution is -2.62. The predicted molar refractivity (Wildman–Crippen MR) is 145 cm³/mol. The number of aryl methyl sites for hydroxylation is 1. The van der Waals surface area contributed by atoms with Crippen LogP contribution in [0.15, 0.2) is 36.4 Å². The van der Waals surface area contributed by atoms with E-state index < -0.39 is 0 Å². The maximum atomic E-state index is 11.1. The Balaban J connectivity index is 1.43. The first-order chi connectivity index (χ1) is 17.0. The van der Waals surface area contributed by atoms with Crippen LogP contribution in [0.3, 0.4) is 0 Å². The number of rotatable bonds is 7. The first kappa shape index (κ1) is 24.6. The highest BCUT2D eigenvalue weighted by atomic mass is 16.5. The van der Waals surface area contributed by atoms with Crippen LogP contribution in [0.2, 0.25) is 0 Å². The third kappa shape index (κ3) is 5.36. The Morgan fingerprint density at radius 1 is 1.03 bits per heavy atom. The van der Waals surface area contributed by atoms with Crippen molar-refractivity contribution in [3.8, 4) is 34.0 Å². The van der Waals surface area contributed by atoms with Crippen molar-refractivity contribution in [2.75, 3.05) is 18.6 Å². The van der Waals surface area contributed by atoms with Crippen molar-refractivity contribution in [2.24, 2.45) is 5.92 Å². The van der Waals surface area contributed by atoms with E-state index in [1.165, 1.54) is 12.8 Å². The molecule has 1 aromatic carbocycles. The molecule has 7 heteroatoms. The number of phenolic OH excluding ortho intramolecular Hbond substituents is 1. The molecule has 2 fully saturated rings. The Labute approximate surface area is 214 Å². The normalized spacial score (nSPS) is 19.3. The summed E-state index contributed by atoms with van der Waals surface area (Å²) < 4.78 is 6.22. The van der Waals surface area contributed by atoms with Crippen molar-refractivity contribution in [3.63, 3.8) is 0 Å². The number of anilines is 1. The zero-order valence-electron chi connectivity index (χ0n) is 22.4. The van der Waals surface area contributed by atoms with E-state index in [2.05, 4.69) is 60.1 Å². The number of aromatic hydroxyl groups is 1. The minimum atomic E-state index is 0.0487. The van der Waals surface area contributed by atoms with Crippen molar-refractivity contribution in [3.05, 3.63) is 42.1 Å². The monoisotopic (exact) mass is 489 g/mol. The molecule has 0 unspecified atom stereocenters. The quantitative estimate of drug-likeness (QED) is 0.395. The van der Waals surface area contributed by atoms with Crippen LogP contribution < -0.4 is 15.0 Å². The second-order valence-corrected chi connectivity index (χ2v) is 12.0. The summed E-state index contributed by atoms with van der Waals surface area (Å²) in [6, 6.07) is 12.1. The first-order valence-electron chi connectivity index (χ1n) is 13.0. The van der Waals surface area contributed by atoms with Gasteiger partial charge in [0.2, 0.25) is 0 Å². The molecule has 2 aliphatic rings. The second-order valence-electron chi connectivity index (χ2n) is 12.0. The lowest BCUT2D eigenvalue weighted by Gasteiger charge is -2.49. The molecule has 7 nitrogen and oxygen atoms in total. The highest BCUT2D eigenvalue weighted by Gasteiger charge is 2.39. The molecular weight excluding hydrogens is 450 g/mol. The molecule has 1 saturated carbocycles. The van der Waals surface area contributed by atoms with Crippen molar-refractivity contribution < 1.29 is 9.84 Å². The van der Waals surface area contributed by atoms with Gasteiger partial charge in [-0.2, -0.15) is 0 Å². The topological polar surface area (TPSA) is 86.3 Å². The molecule has 5 rings (SSSR count). The van der Waals surface area contributed by atoms with Crippen molar-refractivity contribution in [1.82, 2.24) is 20.5 Å². The Morgan fingerprint density at radius 2 is 1.75 bits per heavy atom. The Morgan fingerprint density at radius 3 is 2.33 bits per heavy atom. The third-order valence-corrected chi connectivity index (χ3v) is 7.38. The standard InChI is InChI=1S/C29H39N5O2/c1-18-7-10-22(30-18)20-13-24(35)27(25(14-20)36-17-19-8-9-19)23-11-12-26(32-31-23)34(6)21-15-28(2,3)33-29(4,5)16-21/h7,10-14,19,21,30,33,35H,8-9,15-17H2,1-6H3. The lowest BCUT2D eigenvalue weighted by molar-refractivity contribution is 0.160. The van der Waals surface area contributed by atoms with Crippen molar-refractivity contribution in [2.45, 2.75) is 77.4 Å². The van der Waals surface area contributed by atoms with Crippen molar-refractivity contribution >= 4 is 5.82 Å². The Kier molecular flexibility index (Phi) is 6.23. The highest BCUT2D eigenvalue weighted by molar-refractivity contribution is 5.79. The number of hydrogen-bond donors (Lipinski definition) is 3. The maximum absolute atomic E-state index is 11.1. The van der Waals surface area contributed by atoms with Gasteiger partial charge in [-0.05, 0) is 103 Å². The number of H-pyrrole nitrogens is 1. The minimum absolute atomic E-state index is 0.0487.